The molecule has 1 aromatic carbocycles. The van der Waals surface area contributed by atoms with Crippen LogP contribution in [0.25, 0.3) is 0 Å². The quantitative estimate of drug-likeness (QED) is 0.748. The van der Waals surface area contributed by atoms with Crippen LogP contribution in [-0.2, 0) is 14.9 Å². The van der Waals surface area contributed by atoms with Crippen molar-refractivity contribution in [3.63, 3.8) is 0 Å². The van der Waals surface area contributed by atoms with E-state index in [9.17, 15) is 14.0 Å². The van der Waals surface area contributed by atoms with Gasteiger partial charge in [0.1, 0.15) is 17.1 Å². The van der Waals surface area contributed by atoms with E-state index in [2.05, 4.69) is 5.32 Å². The maximum Gasteiger partial charge on any atom is 0.273 e. The van der Waals surface area contributed by atoms with E-state index < -0.39 is 11.4 Å². The molecule has 7 nitrogen and oxygen atoms in total. The number of piperazine rings is 1. The van der Waals surface area contributed by atoms with Crippen molar-refractivity contribution in [3.05, 3.63) is 52.6 Å². The summed E-state index contributed by atoms with van der Waals surface area (Å²) in [6.45, 7) is 5.95. The van der Waals surface area contributed by atoms with Gasteiger partial charge in [-0.2, -0.15) is 0 Å². The van der Waals surface area contributed by atoms with Crippen LogP contribution in [0.3, 0.4) is 0 Å². The number of rotatable bonds is 2. The topological polar surface area (TPSA) is 74.8 Å². The Balaban J connectivity index is 1.55. The zero-order valence-corrected chi connectivity index (χ0v) is 18.7. The molecular weight excluding hydrogens is 435 g/mol. The molecule has 4 heterocycles. The Morgan fingerprint density at radius 1 is 1.28 bits per heavy atom. The molecule has 5 rings (SSSR count). The van der Waals surface area contributed by atoms with Gasteiger partial charge in [0.05, 0.1) is 28.4 Å². The molecule has 9 heteroatoms. The molecule has 2 saturated heterocycles. The molecule has 3 aliphatic heterocycles. The first-order chi connectivity index (χ1) is 15.2. The fraction of sp³-hybridized carbons (Fsp3) is 0.435. The Morgan fingerprint density at radius 2 is 2.09 bits per heavy atom. The Bertz CT molecular complexity index is 1120. The van der Waals surface area contributed by atoms with Crippen LogP contribution in [-0.4, -0.2) is 60.1 Å². The number of carbonyl (C=O) groups excluding carboxylic acids is 2. The summed E-state index contributed by atoms with van der Waals surface area (Å²) in [6.07, 6.45) is 0.759. The Morgan fingerprint density at radius 3 is 2.81 bits per heavy atom. The second kappa shape index (κ2) is 7.42. The first-order valence-electron chi connectivity index (χ1n) is 10.7. The summed E-state index contributed by atoms with van der Waals surface area (Å²) in [5, 5.41) is 2.87. The molecule has 0 bridgehead atoms. The average molecular weight is 459 g/mol. The molecule has 1 spiro atoms. The number of ether oxygens (including phenoxy) is 1. The highest BCUT2D eigenvalue weighted by Crippen LogP contribution is 2.48. The van der Waals surface area contributed by atoms with E-state index in [1.54, 1.807) is 30.9 Å². The Hall–Kier alpha value is -2.71. The molecule has 2 fully saturated rings. The van der Waals surface area contributed by atoms with Gasteiger partial charge in [0.25, 0.3) is 5.91 Å². The van der Waals surface area contributed by atoms with Crippen LogP contribution in [0.4, 0.5) is 15.8 Å². The normalized spacial score (nSPS) is 24.1. The lowest BCUT2D eigenvalue weighted by atomic mass is 9.85. The van der Waals surface area contributed by atoms with Gasteiger partial charge in [-0.25, -0.2) is 9.37 Å². The molecule has 2 amide bonds. The number of fused-ring (bicyclic) bond motifs is 2. The third kappa shape index (κ3) is 3.16. The predicted molar refractivity (Wildman–Crippen MR) is 118 cm³/mol. The molecule has 1 atom stereocenters. The number of hydrogen-bond acceptors (Lipinski definition) is 5. The number of amides is 2. The third-order valence-corrected chi connectivity index (χ3v) is 7.07. The average Bonchev–Trinajstić information content (AvgIpc) is 3.37. The number of aromatic nitrogens is 1. The minimum Gasteiger partial charge on any atom is -0.380 e. The van der Waals surface area contributed by atoms with Crippen molar-refractivity contribution in [1.29, 1.82) is 0 Å². The number of halogens is 2. The number of nitrogens with one attached hydrogen (secondary N) is 1. The molecule has 1 N–H and O–H groups in total. The smallest absolute Gasteiger partial charge is 0.273 e. The molecule has 1 unspecified atom stereocenters. The van der Waals surface area contributed by atoms with Crippen molar-refractivity contribution in [1.82, 2.24) is 15.2 Å². The number of anilines is 2. The molecular formula is C23H24ClFN4O3. The molecule has 0 radical (unpaired) electrons. The monoisotopic (exact) mass is 458 g/mol. The maximum absolute atomic E-state index is 14.2. The van der Waals surface area contributed by atoms with Crippen molar-refractivity contribution in [2.24, 2.45) is 0 Å². The highest BCUT2D eigenvalue weighted by Gasteiger charge is 2.48. The lowest BCUT2D eigenvalue weighted by Gasteiger charge is -2.41. The van der Waals surface area contributed by atoms with Crippen molar-refractivity contribution in [2.75, 3.05) is 37.7 Å². The van der Waals surface area contributed by atoms with Gasteiger partial charge in [0.15, 0.2) is 0 Å². The van der Waals surface area contributed by atoms with Gasteiger partial charge < -0.3 is 19.9 Å². The second-order valence-electron chi connectivity index (χ2n) is 9.10. The van der Waals surface area contributed by atoms with Gasteiger partial charge in [-0.15, -0.1) is 0 Å². The van der Waals surface area contributed by atoms with Gasteiger partial charge >= 0.3 is 0 Å². The van der Waals surface area contributed by atoms with Crippen LogP contribution >= 0.6 is 11.6 Å². The standard InChI is InChI=1S/C23H24ClFN4O3/c1-22(2)21(31)26-8-9-29(22)20(30)17-5-6-18-19(27-17)23(7-10-32-13-23)12-28(18)14-3-4-15(24)16(25)11-14/h3-6,11H,7-10,12-13H2,1-2H3,(H,26,31). The number of benzene rings is 1. The van der Waals surface area contributed by atoms with E-state index in [4.69, 9.17) is 21.3 Å². The van der Waals surface area contributed by atoms with E-state index in [0.717, 1.165) is 17.8 Å². The van der Waals surface area contributed by atoms with Crippen molar-refractivity contribution in [3.8, 4) is 0 Å². The van der Waals surface area contributed by atoms with Crippen molar-refractivity contribution in [2.45, 2.75) is 31.2 Å². The molecule has 1 aromatic heterocycles. The van der Waals surface area contributed by atoms with Crippen LogP contribution in [0.1, 0.15) is 36.5 Å². The van der Waals surface area contributed by atoms with Gasteiger partial charge in [0.2, 0.25) is 5.91 Å². The molecule has 2 aromatic rings. The summed E-state index contributed by atoms with van der Waals surface area (Å²) in [6, 6.07) is 8.26. The number of carbonyl (C=O) groups is 2. The van der Waals surface area contributed by atoms with Crippen molar-refractivity contribution < 1.29 is 18.7 Å². The van der Waals surface area contributed by atoms with Gasteiger partial charge in [-0.05, 0) is 50.6 Å². The summed E-state index contributed by atoms with van der Waals surface area (Å²) in [7, 11) is 0. The largest absolute Gasteiger partial charge is 0.380 e. The summed E-state index contributed by atoms with van der Waals surface area (Å²) in [5.74, 6) is -0.952. The first kappa shape index (κ1) is 21.2. The Labute approximate surface area is 190 Å². The van der Waals surface area contributed by atoms with Gasteiger partial charge in [0, 0.05) is 31.9 Å². The third-order valence-electron chi connectivity index (χ3n) is 6.76. The fourth-order valence-electron chi connectivity index (χ4n) is 4.84. The number of nitrogens with zero attached hydrogens (tertiary/aromatic N) is 3. The van der Waals surface area contributed by atoms with Gasteiger partial charge in [-0.1, -0.05) is 11.6 Å². The number of hydrogen-bond donors (Lipinski definition) is 1. The van der Waals surface area contributed by atoms with E-state index >= 15 is 0 Å². The second-order valence-corrected chi connectivity index (χ2v) is 9.51. The fourth-order valence-corrected chi connectivity index (χ4v) is 4.95. The van der Waals surface area contributed by atoms with Crippen LogP contribution in [0, 0.1) is 5.82 Å². The van der Waals surface area contributed by atoms with Crippen molar-refractivity contribution >= 4 is 34.8 Å². The molecule has 168 valence electrons. The first-order valence-corrected chi connectivity index (χ1v) is 11.0. The zero-order chi connectivity index (χ0) is 22.7. The van der Waals surface area contributed by atoms with E-state index in [1.165, 1.54) is 12.1 Å². The van der Waals surface area contributed by atoms with Crippen LogP contribution in [0.5, 0.6) is 0 Å². The Kier molecular flexibility index (Phi) is 4.90. The predicted octanol–water partition coefficient (Wildman–Crippen LogP) is 3.03. The number of pyridine rings is 1. The highest BCUT2D eigenvalue weighted by atomic mass is 35.5. The SMILES string of the molecule is CC1(C)C(=O)NCCN1C(=O)c1ccc2c(n1)C1(CCOC1)CN2c1ccc(Cl)c(F)c1. The molecule has 0 aliphatic carbocycles. The molecule has 32 heavy (non-hydrogen) atoms. The maximum atomic E-state index is 14.2. The summed E-state index contributed by atoms with van der Waals surface area (Å²) in [5.41, 5.74) is 1.22. The van der Waals surface area contributed by atoms with Crippen LogP contribution in [0.2, 0.25) is 5.02 Å². The van der Waals surface area contributed by atoms with E-state index in [0.29, 0.717) is 44.2 Å². The minimum absolute atomic E-state index is 0.0688. The minimum atomic E-state index is -0.961. The zero-order valence-electron chi connectivity index (χ0n) is 18.0. The summed E-state index contributed by atoms with van der Waals surface area (Å²) >= 11 is 5.87. The lowest BCUT2D eigenvalue weighted by molar-refractivity contribution is -0.133. The molecule has 3 aliphatic rings. The lowest BCUT2D eigenvalue weighted by Crippen LogP contribution is -2.63. The highest BCUT2D eigenvalue weighted by molar-refractivity contribution is 6.30. The molecule has 0 saturated carbocycles. The van der Waals surface area contributed by atoms with Crippen LogP contribution < -0.4 is 10.2 Å². The van der Waals surface area contributed by atoms with E-state index in [1.807, 2.05) is 11.0 Å². The van der Waals surface area contributed by atoms with E-state index in [-0.39, 0.29) is 22.3 Å². The summed E-state index contributed by atoms with van der Waals surface area (Å²) < 4.78 is 19.9. The van der Waals surface area contributed by atoms with Crippen LogP contribution in [0.15, 0.2) is 30.3 Å². The summed E-state index contributed by atoms with van der Waals surface area (Å²) in [4.78, 5) is 34.1. The van der Waals surface area contributed by atoms with Gasteiger partial charge in [-0.3, -0.25) is 9.59 Å².